The van der Waals surface area contributed by atoms with Gasteiger partial charge in [-0.25, -0.2) is 4.79 Å². The number of hydrogen-bond donors (Lipinski definition) is 6. The number of ether oxygens (including phenoxy) is 1. The summed E-state index contributed by atoms with van der Waals surface area (Å²) in [5.41, 5.74) is 0. The molecule has 8 unspecified atom stereocenters. The van der Waals surface area contributed by atoms with Crippen molar-refractivity contribution in [1.82, 2.24) is 21.3 Å². The quantitative estimate of drug-likeness (QED) is 0.117. The van der Waals surface area contributed by atoms with E-state index in [1.165, 1.54) is 6.92 Å². The molecule has 8 atom stereocenters. The van der Waals surface area contributed by atoms with Crippen LogP contribution in [0.3, 0.4) is 0 Å². The van der Waals surface area contributed by atoms with Gasteiger partial charge in [0.25, 0.3) is 0 Å². The Labute approximate surface area is 292 Å². The summed E-state index contributed by atoms with van der Waals surface area (Å²) in [7, 11) is 0. The summed E-state index contributed by atoms with van der Waals surface area (Å²) in [6, 6.07) is -4.64. The summed E-state index contributed by atoms with van der Waals surface area (Å²) >= 11 is 0. The zero-order valence-electron chi connectivity index (χ0n) is 31.0. The van der Waals surface area contributed by atoms with Crippen molar-refractivity contribution in [2.24, 2.45) is 23.7 Å². The molecular weight excluding hydrogens is 632 g/mol. The Kier molecular flexibility index (Phi) is 20.3. The number of esters is 1. The number of amides is 4. The molecule has 0 saturated carbocycles. The molecule has 1 aliphatic rings. The zero-order chi connectivity index (χ0) is 37.3. The van der Waals surface area contributed by atoms with E-state index < -0.39 is 90.7 Å². The maximum atomic E-state index is 13.7. The van der Waals surface area contributed by atoms with E-state index in [0.29, 0.717) is 19.3 Å². The van der Waals surface area contributed by atoms with Gasteiger partial charge in [0.1, 0.15) is 30.3 Å². The minimum absolute atomic E-state index is 0.0323. The molecule has 0 bridgehead atoms. The van der Waals surface area contributed by atoms with Gasteiger partial charge in [-0.15, -0.1) is 0 Å². The summed E-state index contributed by atoms with van der Waals surface area (Å²) < 4.78 is 5.94. The lowest BCUT2D eigenvalue weighted by atomic mass is 9.92. The summed E-state index contributed by atoms with van der Waals surface area (Å²) in [6.07, 6.45) is 3.15. The molecule has 4 amide bonds. The third-order valence-electron chi connectivity index (χ3n) is 9.02. The Morgan fingerprint density at radius 3 is 1.80 bits per heavy atom. The first-order valence-corrected chi connectivity index (χ1v) is 18.3. The maximum Gasteiger partial charge on any atom is 0.329 e. The van der Waals surface area contributed by atoms with Crippen LogP contribution in [-0.2, 0) is 33.5 Å². The van der Waals surface area contributed by atoms with Gasteiger partial charge in [0.2, 0.25) is 23.6 Å². The van der Waals surface area contributed by atoms with Crippen molar-refractivity contribution in [2.75, 3.05) is 6.61 Å². The van der Waals surface area contributed by atoms with Gasteiger partial charge < -0.3 is 36.2 Å². The molecule has 49 heavy (non-hydrogen) atoms. The average molecular weight is 697 g/mol. The summed E-state index contributed by atoms with van der Waals surface area (Å²) in [5.74, 6) is -5.74. The number of ketones is 1. The second-order valence-electron chi connectivity index (χ2n) is 14.5. The lowest BCUT2D eigenvalue weighted by molar-refractivity contribution is -0.156. The van der Waals surface area contributed by atoms with E-state index in [9.17, 15) is 39.0 Å². The summed E-state index contributed by atoms with van der Waals surface area (Å²) in [5, 5.41) is 31.2. The Bertz CT molecular complexity index is 1080. The average Bonchev–Trinajstić information content (AvgIpc) is 3.02. The van der Waals surface area contributed by atoms with Gasteiger partial charge in [0.05, 0.1) is 25.0 Å². The van der Waals surface area contributed by atoms with Crippen molar-refractivity contribution < 1.29 is 43.7 Å². The van der Waals surface area contributed by atoms with Crippen molar-refractivity contribution in [1.29, 1.82) is 0 Å². The highest BCUT2D eigenvalue weighted by molar-refractivity contribution is 5.96. The van der Waals surface area contributed by atoms with E-state index in [-0.39, 0.29) is 37.0 Å². The first-order valence-electron chi connectivity index (χ1n) is 18.3. The molecule has 282 valence electrons. The minimum Gasteiger partial charge on any atom is -0.460 e. The number of nitrogens with one attached hydrogen (secondary N) is 4. The number of carbonyl (C=O) groups is 6. The molecule has 0 aromatic heterocycles. The number of Topliss-reactive ketones (excluding diaryl/α,β-unsaturated/α-hetero) is 1. The third kappa shape index (κ3) is 16.0. The molecule has 0 spiro atoms. The van der Waals surface area contributed by atoms with Gasteiger partial charge >= 0.3 is 5.97 Å². The molecular formula is C36H64N4O9. The largest absolute Gasteiger partial charge is 0.460 e. The number of rotatable bonds is 14. The molecule has 1 heterocycles. The van der Waals surface area contributed by atoms with Crippen LogP contribution in [0.25, 0.3) is 0 Å². The maximum absolute atomic E-state index is 13.7. The summed E-state index contributed by atoms with van der Waals surface area (Å²) in [4.78, 5) is 81.1. The monoisotopic (exact) mass is 696 g/mol. The molecule has 0 aromatic rings. The molecule has 1 rings (SSSR count). The first kappa shape index (κ1) is 44.0. The standard InChI is InChI=1S/C36H64N4O9/c1-9-11-12-13-14-15-25-18-31(44)37-27(16-21(3)4)34(46)39-29(20-41)30(43)19-26(24(8)42)33(45)38-28(17-22(5)6)35(47)40-32(23(7)10-2)36(48)49-25/h21-29,32,41-42H,9-20H2,1-8H3,(H,37,44)(H,38,45)(H,39,46)(H,40,47). The highest BCUT2D eigenvalue weighted by atomic mass is 16.5. The second-order valence-corrected chi connectivity index (χ2v) is 14.5. The molecule has 0 radical (unpaired) electrons. The van der Waals surface area contributed by atoms with Gasteiger partial charge in [0.15, 0.2) is 5.78 Å². The van der Waals surface area contributed by atoms with Crippen LogP contribution < -0.4 is 21.3 Å². The molecule has 6 N–H and O–H groups in total. The fourth-order valence-corrected chi connectivity index (χ4v) is 5.83. The van der Waals surface area contributed by atoms with E-state index in [1.807, 2.05) is 34.6 Å². The van der Waals surface area contributed by atoms with Gasteiger partial charge in [-0.3, -0.25) is 24.0 Å². The number of aliphatic hydroxyl groups is 2. The number of cyclic esters (lactones) is 1. The molecule has 1 fully saturated rings. The molecule has 13 nitrogen and oxygen atoms in total. The van der Waals surface area contributed by atoms with Crippen molar-refractivity contribution in [3.63, 3.8) is 0 Å². The van der Waals surface area contributed by atoms with E-state index in [1.54, 1.807) is 6.92 Å². The fraction of sp³-hybridized carbons (Fsp3) is 0.833. The van der Waals surface area contributed by atoms with Crippen LogP contribution in [0.4, 0.5) is 0 Å². The molecule has 1 saturated heterocycles. The first-order chi connectivity index (χ1) is 23.0. The predicted molar refractivity (Wildman–Crippen MR) is 186 cm³/mol. The van der Waals surface area contributed by atoms with Gasteiger partial charge in [-0.2, -0.15) is 0 Å². The van der Waals surface area contributed by atoms with Crippen molar-refractivity contribution in [3.8, 4) is 0 Å². The smallest absolute Gasteiger partial charge is 0.329 e. The number of hydrogen-bond acceptors (Lipinski definition) is 9. The van der Waals surface area contributed by atoms with Crippen molar-refractivity contribution in [2.45, 2.75) is 162 Å². The highest BCUT2D eigenvalue weighted by Gasteiger charge is 2.37. The van der Waals surface area contributed by atoms with Crippen LogP contribution in [0.5, 0.6) is 0 Å². The van der Waals surface area contributed by atoms with E-state index >= 15 is 0 Å². The van der Waals surface area contributed by atoms with Crippen LogP contribution >= 0.6 is 0 Å². The van der Waals surface area contributed by atoms with Crippen molar-refractivity contribution >= 4 is 35.4 Å². The SMILES string of the molecule is CCCCCCCC1CC(=O)NC(CC(C)C)C(=O)NC(CO)C(=O)CC(C(C)O)C(=O)NC(CC(C)C)C(=O)NC(C(C)CC)C(=O)O1. The van der Waals surface area contributed by atoms with Crippen LogP contribution in [0.2, 0.25) is 0 Å². The van der Waals surface area contributed by atoms with Crippen LogP contribution in [0, 0.1) is 23.7 Å². The molecule has 0 aromatic carbocycles. The van der Waals surface area contributed by atoms with E-state index in [0.717, 1.165) is 25.7 Å². The Morgan fingerprint density at radius 1 is 0.714 bits per heavy atom. The number of unbranched alkanes of at least 4 members (excludes halogenated alkanes) is 4. The Morgan fingerprint density at radius 2 is 1.27 bits per heavy atom. The van der Waals surface area contributed by atoms with E-state index in [4.69, 9.17) is 4.74 Å². The van der Waals surface area contributed by atoms with E-state index in [2.05, 4.69) is 28.2 Å². The molecule has 13 heteroatoms. The minimum atomic E-state index is -1.40. The predicted octanol–water partition coefficient (Wildman–Crippen LogP) is 2.69. The normalized spacial score (nSPS) is 26.9. The zero-order valence-corrected chi connectivity index (χ0v) is 31.0. The van der Waals surface area contributed by atoms with Crippen LogP contribution in [0.15, 0.2) is 0 Å². The van der Waals surface area contributed by atoms with Gasteiger partial charge in [-0.1, -0.05) is 80.6 Å². The fourth-order valence-electron chi connectivity index (χ4n) is 5.83. The van der Waals surface area contributed by atoms with Crippen LogP contribution in [-0.4, -0.2) is 88.6 Å². The van der Waals surface area contributed by atoms with Crippen molar-refractivity contribution in [3.05, 3.63) is 0 Å². The summed E-state index contributed by atoms with van der Waals surface area (Å²) in [6.45, 7) is 13.8. The van der Waals surface area contributed by atoms with Gasteiger partial charge in [-0.05, 0) is 50.4 Å². The molecule has 1 aliphatic heterocycles. The number of aliphatic hydroxyl groups excluding tert-OH is 2. The Hall–Kier alpha value is -3.06. The third-order valence-corrected chi connectivity index (χ3v) is 9.02. The lowest BCUT2D eigenvalue weighted by Gasteiger charge is -2.29. The highest BCUT2D eigenvalue weighted by Crippen LogP contribution is 2.19. The van der Waals surface area contributed by atoms with Crippen LogP contribution in [0.1, 0.15) is 126 Å². The lowest BCUT2D eigenvalue weighted by Crippen LogP contribution is -2.56. The number of carbonyl (C=O) groups excluding carboxylic acids is 6. The second kappa shape index (κ2) is 22.6. The topological polar surface area (TPSA) is 200 Å². The van der Waals surface area contributed by atoms with Gasteiger partial charge in [0, 0.05) is 6.42 Å². The molecule has 0 aliphatic carbocycles. The Balaban J connectivity index is 3.64.